The molecular formula is C26H28N6O2. The van der Waals surface area contributed by atoms with Gasteiger partial charge >= 0.3 is 6.01 Å². The maximum atomic E-state index is 13.4. The van der Waals surface area contributed by atoms with Crippen molar-refractivity contribution in [3.8, 4) is 6.01 Å². The number of fused-ring (bicyclic) bond motifs is 2. The van der Waals surface area contributed by atoms with Crippen LogP contribution in [0.25, 0.3) is 21.8 Å². The molecular weight excluding hydrogens is 428 g/mol. The van der Waals surface area contributed by atoms with Crippen LogP contribution in [-0.4, -0.2) is 53.1 Å². The van der Waals surface area contributed by atoms with E-state index in [9.17, 15) is 4.79 Å². The van der Waals surface area contributed by atoms with Crippen LogP contribution in [-0.2, 0) is 0 Å². The van der Waals surface area contributed by atoms with Gasteiger partial charge in [0.15, 0.2) is 0 Å². The number of methoxy groups -OCH3 is 1. The molecule has 174 valence electrons. The molecule has 4 aromatic rings. The Balaban J connectivity index is 1.52. The third-order valence-electron chi connectivity index (χ3n) is 6.12. The van der Waals surface area contributed by atoms with Crippen LogP contribution in [0.5, 0.6) is 6.01 Å². The second-order valence-electron chi connectivity index (χ2n) is 8.94. The Labute approximate surface area is 198 Å². The Morgan fingerprint density at radius 3 is 2.65 bits per heavy atom. The number of anilines is 2. The van der Waals surface area contributed by atoms with Crippen LogP contribution in [0.15, 0.2) is 48.7 Å². The summed E-state index contributed by atoms with van der Waals surface area (Å²) in [6.07, 6.45) is 1.74. The molecule has 2 aromatic heterocycles. The monoisotopic (exact) mass is 456 g/mol. The maximum Gasteiger partial charge on any atom is 0.316 e. The predicted molar refractivity (Wildman–Crippen MR) is 135 cm³/mol. The fraction of sp³-hybridized carbons (Fsp3) is 0.308. The smallest absolute Gasteiger partial charge is 0.316 e. The van der Waals surface area contributed by atoms with Crippen molar-refractivity contribution in [2.45, 2.75) is 32.9 Å². The highest BCUT2D eigenvalue weighted by molar-refractivity contribution is 6.14. The summed E-state index contributed by atoms with van der Waals surface area (Å²) in [7, 11) is 1.52. The van der Waals surface area contributed by atoms with E-state index in [0.29, 0.717) is 28.9 Å². The molecule has 1 aliphatic heterocycles. The van der Waals surface area contributed by atoms with Crippen LogP contribution in [0.4, 0.5) is 11.4 Å². The first-order valence-electron chi connectivity index (χ1n) is 11.4. The molecule has 2 N–H and O–H groups in total. The Bertz CT molecular complexity index is 1380. The van der Waals surface area contributed by atoms with Gasteiger partial charge in [0.1, 0.15) is 0 Å². The lowest BCUT2D eigenvalue weighted by molar-refractivity contribution is 0.102. The van der Waals surface area contributed by atoms with E-state index in [4.69, 9.17) is 4.74 Å². The van der Waals surface area contributed by atoms with Crippen LogP contribution < -0.4 is 20.3 Å². The summed E-state index contributed by atoms with van der Waals surface area (Å²) < 4.78 is 5.27. The predicted octanol–water partition coefficient (Wildman–Crippen LogP) is 3.93. The van der Waals surface area contributed by atoms with Crippen molar-refractivity contribution in [1.29, 1.82) is 0 Å². The summed E-state index contributed by atoms with van der Waals surface area (Å²) in [6, 6.07) is 14.4. The molecule has 0 radical (unpaired) electrons. The number of aromatic nitrogens is 3. The molecule has 0 bridgehead atoms. The van der Waals surface area contributed by atoms with Gasteiger partial charge in [0.2, 0.25) is 0 Å². The molecule has 3 heterocycles. The first kappa shape index (κ1) is 22.0. The van der Waals surface area contributed by atoms with Crippen molar-refractivity contribution >= 4 is 39.1 Å². The van der Waals surface area contributed by atoms with Crippen LogP contribution in [0.2, 0.25) is 0 Å². The minimum atomic E-state index is -0.237. The SMILES string of the molecule is COc1ncc2c(N3C[C@H](C)N[C@@H](C)C3)ccc(C(=O)Nc3ccc4nc(C)ccc4c3)c2n1. The van der Waals surface area contributed by atoms with E-state index in [1.54, 1.807) is 6.20 Å². The van der Waals surface area contributed by atoms with E-state index in [1.807, 2.05) is 49.4 Å². The van der Waals surface area contributed by atoms with Crippen LogP contribution in [0.3, 0.4) is 0 Å². The molecule has 8 heteroatoms. The molecule has 1 saturated heterocycles. The average Bonchev–Trinajstić information content (AvgIpc) is 2.82. The highest BCUT2D eigenvalue weighted by Gasteiger charge is 2.24. The zero-order chi connectivity index (χ0) is 23.8. The van der Waals surface area contributed by atoms with Gasteiger partial charge in [0, 0.05) is 59.2 Å². The summed E-state index contributed by atoms with van der Waals surface area (Å²) in [5.74, 6) is -0.237. The molecule has 5 rings (SSSR count). The molecule has 2 atom stereocenters. The van der Waals surface area contributed by atoms with E-state index < -0.39 is 0 Å². The van der Waals surface area contributed by atoms with Gasteiger partial charge < -0.3 is 20.3 Å². The Hall–Kier alpha value is -3.78. The lowest BCUT2D eigenvalue weighted by atomic mass is 10.0. The summed E-state index contributed by atoms with van der Waals surface area (Å²) >= 11 is 0. The van der Waals surface area contributed by atoms with Gasteiger partial charge in [-0.2, -0.15) is 4.98 Å². The van der Waals surface area contributed by atoms with Gasteiger partial charge in [0.05, 0.1) is 23.7 Å². The maximum absolute atomic E-state index is 13.4. The van der Waals surface area contributed by atoms with E-state index in [2.05, 4.69) is 44.3 Å². The zero-order valence-electron chi connectivity index (χ0n) is 19.8. The highest BCUT2D eigenvalue weighted by Crippen LogP contribution is 2.31. The minimum Gasteiger partial charge on any atom is -0.467 e. The number of hydrogen-bond acceptors (Lipinski definition) is 7. The second kappa shape index (κ2) is 8.87. The van der Waals surface area contributed by atoms with Gasteiger partial charge in [0.25, 0.3) is 5.91 Å². The Morgan fingerprint density at radius 1 is 1.09 bits per heavy atom. The number of carbonyl (C=O) groups excluding carboxylic acids is 1. The lowest BCUT2D eigenvalue weighted by Gasteiger charge is -2.38. The summed E-state index contributed by atoms with van der Waals surface area (Å²) in [4.78, 5) is 29.1. The fourth-order valence-corrected chi connectivity index (χ4v) is 4.67. The first-order chi connectivity index (χ1) is 16.4. The van der Waals surface area contributed by atoms with Gasteiger partial charge in [-0.1, -0.05) is 6.07 Å². The third kappa shape index (κ3) is 4.24. The number of carbonyl (C=O) groups is 1. The Morgan fingerprint density at radius 2 is 1.88 bits per heavy atom. The number of aryl methyl sites for hydroxylation is 1. The number of ether oxygens (including phenoxy) is 1. The molecule has 8 nitrogen and oxygen atoms in total. The number of benzene rings is 2. The highest BCUT2D eigenvalue weighted by atomic mass is 16.5. The molecule has 2 aromatic carbocycles. The van der Waals surface area contributed by atoms with E-state index in [1.165, 1.54) is 7.11 Å². The summed E-state index contributed by atoms with van der Waals surface area (Å²) in [6.45, 7) is 8.03. The standard InChI is InChI=1S/C26H28N6O2/c1-15-5-6-18-11-19(7-9-22(18)29-15)30-25(33)20-8-10-23(32-13-16(2)28-17(3)14-32)21-12-27-26(34-4)31-24(20)21/h5-12,16-17,28H,13-14H2,1-4H3,(H,30,33)/t16-,17-/m0/s1. The molecule has 0 unspecified atom stereocenters. The third-order valence-corrected chi connectivity index (χ3v) is 6.12. The molecule has 0 aliphatic carbocycles. The molecule has 34 heavy (non-hydrogen) atoms. The van der Waals surface area contributed by atoms with Crippen molar-refractivity contribution in [1.82, 2.24) is 20.3 Å². The van der Waals surface area contributed by atoms with Crippen LogP contribution >= 0.6 is 0 Å². The molecule has 1 fully saturated rings. The van der Waals surface area contributed by atoms with Crippen LogP contribution in [0, 0.1) is 6.92 Å². The number of pyridine rings is 1. The van der Waals surface area contributed by atoms with Gasteiger partial charge in [-0.15, -0.1) is 0 Å². The Kier molecular flexibility index (Phi) is 5.75. The zero-order valence-corrected chi connectivity index (χ0v) is 19.8. The normalized spacial score (nSPS) is 18.3. The first-order valence-corrected chi connectivity index (χ1v) is 11.4. The topological polar surface area (TPSA) is 92.3 Å². The van der Waals surface area contributed by atoms with E-state index in [0.717, 1.165) is 40.8 Å². The van der Waals surface area contributed by atoms with Crippen molar-refractivity contribution in [3.05, 3.63) is 59.9 Å². The fourth-order valence-electron chi connectivity index (χ4n) is 4.67. The van der Waals surface area contributed by atoms with Crippen LogP contribution in [0.1, 0.15) is 29.9 Å². The van der Waals surface area contributed by atoms with E-state index in [-0.39, 0.29) is 11.9 Å². The summed E-state index contributed by atoms with van der Waals surface area (Å²) in [5, 5.41) is 8.37. The van der Waals surface area contributed by atoms with Crippen molar-refractivity contribution < 1.29 is 9.53 Å². The number of hydrogen-bond donors (Lipinski definition) is 2. The average molecular weight is 457 g/mol. The van der Waals surface area contributed by atoms with Crippen molar-refractivity contribution in [2.75, 3.05) is 30.4 Å². The molecule has 1 amide bonds. The largest absolute Gasteiger partial charge is 0.467 e. The number of nitrogens with one attached hydrogen (secondary N) is 2. The molecule has 0 saturated carbocycles. The number of nitrogens with zero attached hydrogens (tertiary/aromatic N) is 4. The minimum absolute atomic E-state index is 0.230. The quantitative estimate of drug-likeness (QED) is 0.481. The second-order valence-corrected chi connectivity index (χ2v) is 8.94. The lowest BCUT2D eigenvalue weighted by Crippen LogP contribution is -2.54. The number of rotatable bonds is 4. The van der Waals surface area contributed by atoms with Gasteiger partial charge in [-0.05, 0) is 57.2 Å². The van der Waals surface area contributed by atoms with Crippen molar-refractivity contribution in [3.63, 3.8) is 0 Å². The number of piperazine rings is 1. The van der Waals surface area contributed by atoms with Gasteiger partial charge in [-0.3, -0.25) is 9.78 Å². The molecule has 1 aliphatic rings. The van der Waals surface area contributed by atoms with Gasteiger partial charge in [-0.25, -0.2) is 4.98 Å². The number of amides is 1. The van der Waals surface area contributed by atoms with Crippen molar-refractivity contribution in [2.24, 2.45) is 0 Å². The summed E-state index contributed by atoms with van der Waals surface area (Å²) in [5.41, 5.74) is 4.60. The molecule has 0 spiro atoms. The van der Waals surface area contributed by atoms with E-state index >= 15 is 0 Å².